The van der Waals surface area contributed by atoms with Crippen LogP contribution in [0.2, 0.25) is 0 Å². The van der Waals surface area contributed by atoms with E-state index in [0.717, 1.165) is 18.8 Å². The molecule has 0 radical (unpaired) electrons. The highest BCUT2D eigenvalue weighted by molar-refractivity contribution is 5.08. The molecule has 2 unspecified atom stereocenters. The van der Waals surface area contributed by atoms with Crippen LogP contribution in [0.3, 0.4) is 0 Å². The van der Waals surface area contributed by atoms with E-state index in [4.69, 9.17) is 10.2 Å². The van der Waals surface area contributed by atoms with E-state index in [1.165, 1.54) is 12.8 Å². The molecule has 2 atom stereocenters. The van der Waals surface area contributed by atoms with Gasteiger partial charge in [-0.25, -0.2) is 0 Å². The minimum absolute atomic E-state index is 0.0994. The van der Waals surface area contributed by atoms with E-state index in [9.17, 15) is 0 Å². The number of piperidine rings is 1. The molecule has 2 rings (SSSR count). The number of likely N-dealkylation sites (tertiary alicyclic amines) is 1. The van der Waals surface area contributed by atoms with Gasteiger partial charge in [0.05, 0.1) is 12.3 Å². The van der Waals surface area contributed by atoms with Crippen molar-refractivity contribution in [1.82, 2.24) is 4.90 Å². The second kappa shape index (κ2) is 4.83. The van der Waals surface area contributed by atoms with Crippen LogP contribution < -0.4 is 5.73 Å². The monoisotopic (exact) mass is 236 g/mol. The highest BCUT2D eigenvalue weighted by Gasteiger charge is 2.32. The summed E-state index contributed by atoms with van der Waals surface area (Å²) in [7, 11) is 0. The van der Waals surface area contributed by atoms with Gasteiger partial charge < -0.3 is 10.2 Å². The molecular formula is C14H24N2O. The van der Waals surface area contributed by atoms with Crippen molar-refractivity contribution in [1.29, 1.82) is 0 Å². The lowest BCUT2D eigenvalue weighted by molar-refractivity contribution is 0.0741. The third kappa shape index (κ3) is 2.90. The lowest BCUT2D eigenvalue weighted by Crippen LogP contribution is -2.45. The molecule has 0 saturated carbocycles. The largest absolute Gasteiger partial charge is 0.468 e. The Morgan fingerprint density at radius 2 is 2.00 bits per heavy atom. The summed E-state index contributed by atoms with van der Waals surface area (Å²) in [6.45, 7) is 8.98. The Bertz CT molecular complexity index is 333. The maximum Gasteiger partial charge on any atom is 0.122 e. The second-order valence-corrected chi connectivity index (χ2v) is 6.02. The number of rotatable bonds is 3. The molecule has 2 heterocycles. The van der Waals surface area contributed by atoms with E-state index in [1.54, 1.807) is 6.26 Å². The second-order valence-electron chi connectivity index (χ2n) is 6.02. The van der Waals surface area contributed by atoms with Gasteiger partial charge in [-0.3, -0.25) is 4.90 Å². The van der Waals surface area contributed by atoms with Crippen molar-refractivity contribution in [2.45, 2.75) is 45.7 Å². The quantitative estimate of drug-likeness (QED) is 0.877. The van der Waals surface area contributed by atoms with E-state index in [1.807, 2.05) is 12.1 Å². The molecule has 1 aliphatic heterocycles. The molecular weight excluding hydrogens is 212 g/mol. The zero-order valence-corrected chi connectivity index (χ0v) is 11.1. The fourth-order valence-electron chi connectivity index (χ4n) is 2.64. The maximum atomic E-state index is 6.12. The minimum atomic E-state index is 0.0994. The molecule has 1 aromatic rings. The van der Waals surface area contributed by atoms with Gasteiger partial charge in [0.25, 0.3) is 0 Å². The minimum Gasteiger partial charge on any atom is -0.468 e. The highest BCUT2D eigenvalue weighted by atomic mass is 16.3. The van der Waals surface area contributed by atoms with Crippen molar-refractivity contribution < 1.29 is 4.42 Å². The zero-order chi connectivity index (χ0) is 12.5. The summed E-state index contributed by atoms with van der Waals surface area (Å²) < 4.78 is 5.54. The third-order valence-corrected chi connectivity index (χ3v) is 3.88. The number of furan rings is 1. The van der Waals surface area contributed by atoms with Crippen LogP contribution in [0.5, 0.6) is 0 Å². The van der Waals surface area contributed by atoms with E-state index < -0.39 is 0 Å². The average Bonchev–Trinajstić information content (AvgIpc) is 2.74. The predicted molar refractivity (Wildman–Crippen MR) is 69.7 cm³/mol. The van der Waals surface area contributed by atoms with Crippen molar-refractivity contribution in [3.8, 4) is 0 Å². The van der Waals surface area contributed by atoms with Crippen LogP contribution in [0.4, 0.5) is 0 Å². The molecule has 3 nitrogen and oxygen atoms in total. The standard InChI is InChI=1S/C14H24N2O/c1-11(15)13(12-5-4-10-17-12)16-8-6-14(2,3)7-9-16/h4-5,10-11,13H,6-9,15H2,1-3H3. The van der Waals surface area contributed by atoms with Crippen LogP contribution in [0.1, 0.15) is 45.4 Å². The van der Waals surface area contributed by atoms with Gasteiger partial charge in [-0.1, -0.05) is 13.8 Å². The Kier molecular flexibility index (Phi) is 3.59. The first-order valence-electron chi connectivity index (χ1n) is 6.53. The van der Waals surface area contributed by atoms with Crippen molar-refractivity contribution >= 4 is 0 Å². The summed E-state index contributed by atoms with van der Waals surface area (Å²) in [4.78, 5) is 2.47. The van der Waals surface area contributed by atoms with E-state index >= 15 is 0 Å². The molecule has 1 aliphatic rings. The lowest BCUT2D eigenvalue weighted by Gasteiger charge is -2.41. The van der Waals surface area contributed by atoms with Gasteiger partial charge in [0.1, 0.15) is 5.76 Å². The van der Waals surface area contributed by atoms with Crippen LogP contribution in [0.15, 0.2) is 22.8 Å². The van der Waals surface area contributed by atoms with Crippen LogP contribution >= 0.6 is 0 Å². The van der Waals surface area contributed by atoms with Crippen LogP contribution in [-0.2, 0) is 0 Å². The SMILES string of the molecule is CC(N)C(c1ccco1)N1CCC(C)(C)CC1. The average molecular weight is 236 g/mol. The molecule has 3 heteroatoms. The molecule has 1 aromatic heterocycles. The predicted octanol–water partition coefficient (Wildman–Crippen LogP) is 2.79. The molecule has 1 fully saturated rings. The first-order chi connectivity index (χ1) is 7.99. The van der Waals surface area contributed by atoms with Gasteiger partial charge in [0.15, 0.2) is 0 Å². The van der Waals surface area contributed by atoms with Crippen molar-refractivity contribution in [3.05, 3.63) is 24.2 Å². The first-order valence-corrected chi connectivity index (χ1v) is 6.53. The third-order valence-electron chi connectivity index (χ3n) is 3.88. The maximum absolute atomic E-state index is 6.12. The molecule has 0 bridgehead atoms. The molecule has 0 amide bonds. The van der Waals surface area contributed by atoms with Crippen molar-refractivity contribution in [3.63, 3.8) is 0 Å². The Morgan fingerprint density at radius 1 is 1.35 bits per heavy atom. The van der Waals surface area contributed by atoms with Gasteiger partial charge >= 0.3 is 0 Å². The van der Waals surface area contributed by atoms with Gasteiger partial charge in [-0.05, 0) is 50.4 Å². The first kappa shape index (κ1) is 12.7. The van der Waals surface area contributed by atoms with Crippen LogP contribution in [0, 0.1) is 5.41 Å². The normalized spacial score (nSPS) is 24.5. The number of nitrogens with two attached hydrogens (primary N) is 1. The molecule has 17 heavy (non-hydrogen) atoms. The fourth-order valence-corrected chi connectivity index (χ4v) is 2.64. The number of nitrogens with zero attached hydrogens (tertiary/aromatic N) is 1. The van der Waals surface area contributed by atoms with E-state index in [2.05, 4.69) is 25.7 Å². The Balaban J connectivity index is 2.09. The van der Waals surface area contributed by atoms with Gasteiger partial charge in [-0.2, -0.15) is 0 Å². The molecule has 0 aromatic carbocycles. The Hall–Kier alpha value is -0.800. The molecule has 1 saturated heterocycles. The van der Waals surface area contributed by atoms with Crippen LogP contribution in [0.25, 0.3) is 0 Å². The molecule has 0 spiro atoms. The van der Waals surface area contributed by atoms with E-state index in [0.29, 0.717) is 5.41 Å². The van der Waals surface area contributed by atoms with E-state index in [-0.39, 0.29) is 12.1 Å². The highest BCUT2D eigenvalue weighted by Crippen LogP contribution is 2.34. The summed E-state index contributed by atoms with van der Waals surface area (Å²) >= 11 is 0. The van der Waals surface area contributed by atoms with Crippen molar-refractivity contribution in [2.75, 3.05) is 13.1 Å². The Labute approximate surface area is 104 Å². The van der Waals surface area contributed by atoms with Crippen molar-refractivity contribution in [2.24, 2.45) is 11.1 Å². The summed E-state index contributed by atoms with van der Waals surface area (Å²) in [5.74, 6) is 1.000. The number of hydrogen-bond acceptors (Lipinski definition) is 3. The topological polar surface area (TPSA) is 42.4 Å². The van der Waals surface area contributed by atoms with Gasteiger partial charge in [0, 0.05) is 6.04 Å². The smallest absolute Gasteiger partial charge is 0.122 e. The summed E-state index contributed by atoms with van der Waals surface area (Å²) in [5.41, 5.74) is 6.60. The summed E-state index contributed by atoms with van der Waals surface area (Å²) in [6, 6.07) is 4.30. The molecule has 96 valence electrons. The summed E-state index contributed by atoms with van der Waals surface area (Å²) in [5, 5.41) is 0. The molecule has 2 N–H and O–H groups in total. The Morgan fingerprint density at radius 3 is 2.47 bits per heavy atom. The number of hydrogen-bond donors (Lipinski definition) is 1. The van der Waals surface area contributed by atoms with Crippen LogP contribution in [-0.4, -0.2) is 24.0 Å². The fraction of sp³-hybridized carbons (Fsp3) is 0.714. The van der Waals surface area contributed by atoms with Gasteiger partial charge in [0.2, 0.25) is 0 Å². The summed E-state index contributed by atoms with van der Waals surface area (Å²) in [6.07, 6.45) is 4.20. The molecule has 0 aliphatic carbocycles. The lowest BCUT2D eigenvalue weighted by atomic mass is 9.82. The zero-order valence-electron chi connectivity index (χ0n) is 11.1. The van der Waals surface area contributed by atoms with Gasteiger partial charge in [-0.15, -0.1) is 0 Å².